The van der Waals surface area contributed by atoms with Crippen LogP contribution in [0.3, 0.4) is 0 Å². The second-order valence-electron chi connectivity index (χ2n) is 10.0. The zero-order chi connectivity index (χ0) is 26.3. The van der Waals surface area contributed by atoms with Gasteiger partial charge in [-0.1, -0.05) is 37.3 Å². The van der Waals surface area contributed by atoms with Crippen molar-refractivity contribution in [1.29, 1.82) is 0 Å². The molecule has 1 saturated heterocycles. The quantitative estimate of drug-likeness (QED) is 0.445. The normalized spacial score (nSPS) is 16.0. The number of carbonyl (C=O) groups is 1. The molecule has 1 amide bonds. The maximum absolute atomic E-state index is 13.6. The lowest BCUT2D eigenvalue weighted by Crippen LogP contribution is -2.48. The molecule has 0 unspecified atom stereocenters. The van der Waals surface area contributed by atoms with E-state index in [-0.39, 0.29) is 17.2 Å². The maximum atomic E-state index is 13.6. The molecule has 2 aromatic rings. The summed E-state index contributed by atoms with van der Waals surface area (Å²) in [5, 5.41) is 2.97. The van der Waals surface area contributed by atoms with E-state index in [2.05, 4.69) is 21.9 Å². The van der Waals surface area contributed by atoms with E-state index in [1.54, 1.807) is 27.0 Å². The minimum atomic E-state index is -3.96. The molecular weight excluding hydrogens is 474 g/mol. The smallest absolute Gasteiger partial charge is 0.241 e. The Kier molecular flexibility index (Phi) is 9.93. The SMILES string of the molecule is COc1cc(C)c(S(=O)(=O)N[C@@H](Cc2ccccc2)C(=O)NCCCN2CCC(C)CC2)c(C)c1C. The molecule has 0 bridgehead atoms. The number of hydrogen-bond donors (Lipinski definition) is 2. The molecule has 1 fully saturated rings. The summed E-state index contributed by atoms with van der Waals surface area (Å²) < 4.78 is 35.2. The Bertz CT molecular complexity index is 1130. The van der Waals surface area contributed by atoms with Gasteiger partial charge < -0.3 is 15.0 Å². The lowest BCUT2D eigenvalue weighted by atomic mass is 9.99. The van der Waals surface area contributed by atoms with E-state index in [0.29, 0.717) is 23.4 Å². The minimum absolute atomic E-state index is 0.200. The Labute approximate surface area is 216 Å². The number of ether oxygens (including phenoxy) is 1. The van der Waals surface area contributed by atoms with E-state index in [0.717, 1.165) is 43.1 Å². The van der Waals surface area contributed by atoms with Crippen LogP contribution in [-0.4, -0.2) is 58.6 Å². The molecule has 1 atom stereocenters. The van der Waals surface area contributed by atoms with Gasteiger partial charge in [0.15, 0.2) is 0 Å². The van der Waals surface area contributed by atoms with Crippen LogP contribution in [0.5, 0.6) is 5.75 Å². The Balaban J connectivity index is 1.72. The molecule has 8 heteroatoms. The number of nitrogens with zero attached hydrogens (tertiary/aromatic N) is 1. The molecule has 0 spiro atoms. The number of carbonyl (C=O) groups excluding carboxylic acids is 1. The van der Waals surface area contributed by atoms with Crippen molar-refractivity contribution in [3.8, 4) is 5.75 Å². The van der Waals surface area contributed by atoms with E-state index in [9.17, 15) is 13.2 Å². The molecule has 198 valence electrons. The average molecular weight is 516 g/mol. The van der Waals surface area contributed by atoms with Crippen molar-refractivity contribution in [2.24, 2.45) is 5.92 Å². The number of nitrogens with one attached hydrogen (secondary N) is 2. The largest absolute Gasteiger partial charge is 0.496 e. The van der Waals surface area contributed by atoms with Gasteiger partial charge in [-0.2, -0.15) is 4.72 Å². The number of likely N-dealkylation sites (tertiary alicyclic amines) is 1. The van der Waals surface area contributed by atoms with E-state index in [4.69, 9.17) is 4.74 Å². The predicted molar refractivity (Wildman–Crippen MR) is 144 cm³/mol. The van der Waals surface area contributed by atoms with Crippen LogP contribution >= 0.6 is 0 Å². The molecule has 0 radical (unpaired) electrons. The fraction of sp³-hybridized carbons (Fsp3) is 0.536. The minimum Gasteiger partial charge on any atom is -0.496 e. The zero-order valence-corrected chi connectivity index (χ0v) is 23.1. The van der Waals surface area contributed by atoms with Crippen LogP contribution in [0.2, 0.25) is 0 Å². The average Bonchev–Trinajstić information content (AvgIpc) is 2.85. The summed E-state index contributed by atoms with van der Waals surface area (Å²) in [5.41, 5.74) is 2.85. The highest BCUT2D eigenvalue weighted by Gasteiger charge is 2.29. The Morgan fingerprint density at radius 1 is 1.11 bits per heavy atom. The third-order valence-corrected chi connectivity index (χ3v) is 8.95. The number of benzene rings is 2. The molecule has 2 aromatic carbocycles. The van der Waals surface area contributed by atoms with Gasteiger partial charge in [0.05, 0.1) is 12.0 Å². The van der Waals surface area contributed by atoms with Crippen LogP contribution < -0.4 is 14.8 Å². The standard InChI is InChI=1S/C28H41N3O4S/c1-20-12-16-31(17-13-20)15-9-14-29-28(32)25(19-24-10-7-6-8-11-24)30-36(33,34)27-21(2)18-26(35-5)22(3)23(27)4/h6-8,10-11,18,20,25,30H,9,12-17,19H2,1-5H3,(H,29,32)/t25-/m0/s1. The number of sulfonamides is 1. The van der Waals surface area contributed by atoms with Crippen LogP contribution in [0.1, 0.15) is 48.4 Å². The second kappa shape index (κ2) is 12.7. The molecule has 0 aliphatic carbocycles. The van der Waals surface area contributed by atoms with E-state index < -0.39 is 16.1 Å². The van der Waals surface area contributed by atoms with Crippen LogP contribution in [0, 0.1) is 26.7 Å². The highest BCUT2D eigenvalue weighted by atomic mass is 32.2. The highest BCUT2D eigenvalue weighted by Crippen LogP contribution is 2.30. The number of rotatable bonds is 11. The van der Waals surface area contributed by atoms with Crippen LogP contribution in [0.4, 0.5) is 0 Å². The van der Waals surface area contributed by atoms with Crippen LogP contribution in [0.25, 0.3) is 0 Å². The first-order valence-electron chi connectivity index (χ1n) is 12.8. The summed E-state index contributed by atoms with van der Waals surface area (Å²) in [6.07, 6.45) is 3.54. The van der Waals surface area contributed by atoms with Crippen LogP contribution in [0.15, 0.2) is 41.3 Å². The summed E-state index contributed by atoms with van der Waals surface area (Å²) in [5.74, 6) is 1.12. The predicted octanol–water partition coefficient (Wildman–Crippen LogP) is 3.75. The van der Waals surface area contributed by atoms with Crippen LogP contribution in [-0.2, 0) is 21.2 Å². The Hall–Kier alpha value is -2.42. The molecular formula is C28H41N3O4S. The Morgan fingerprint density at radius 2 is 1.78 bits per heavy atom. The topological polar surface area (TPSA) is 87.7 Å². The van der Waals surface area contributed by atoms with Gasteiger partial charge in [0, 0.05) is 6.54 Å². The summed E-state index contributed by atoms with van der Waals surface area (Å²) in [4.78, 5) is 15.9. The van der Waals surface area contributed by atoms with Crippen molar-refractivity contribution in [1.82, 2.24) is 14.9 Å². The summed E-state index contributed by atoms with van der Waals surface area (Å²) in [7, 11) is -2.39. The van der Waals surface area contributed by atoms with Gasteiger partial charge in [-0.25, -0.2) is 8.42 Å². The third-order valence-electron chi connectivity index (χ3n) is 7.19. The van der Waals surface area contributed by atoms with Crippen molar-refractivity contribution in [3.63, 3.8) is 0 Å². The summed E-state index contributed by atoms with van der Waals surface area (Å²) in [6.45, 7) is 11.3. The maximum Gasteiger partial charge on any atom is 0.241 e. The number of piperidine rings is 1. The molecule has 0 aromatic heterocycles. The molecule has 0 saturated carbocycles. The van der Waals surface area contributed by atoms with E-state index >= 15 is 0 Å². The van der Waals surface area contributed by atoms with Crippen molar-refractivity contribution in [2.75, 3.05) is 33.3 Å². The first-order chi connectivity index (χ1) is 17.1. The van der Waals surface area contributed by atoms with Gasteiger partial charge >= 0.3 is 0 Å². The van der Waals surface area contributed by atoms with E-state index in [1.807, 2.05) is 37.3 Å². The molecule has 1 heterocycles. The van der Waals surface area contributed by atoms with Gasteiger partial charge in [0.1, 0.15) is 11.8 Å². The summed E-state index contributed by atoms with van der Waals surface area (Å²) in [6, 6.07) is 10.3. The van der Waals surface area contributed by atoms with Crippen molar-refractivity contribution >= 4 is 15.9 Å². The third kappa shape index (κ3) is 7.31. The lowest BCUT2D eigenvalue weighted by molar-refractivity contribution is -0.122. The second-order valence-corrected chi connectivity index (χ2v) is 11.7. The van der Waals surface area contributed by atoms with Gasteiger partial charge in [0.25, 0.3) is 0 Å². The zero-order valence-electron chi connectivity index (χ0n) is 22.3. The van der Waals surface area contributed by atoms with Gasteiger partial charge in [-0.05, 0) is 100 Å². The molecule has 1 aliphatic heterocycles. The van der Waals surface area contributed by atoms with Gasteiger partial charge in [-0.3, -0.25) is 4.79 Å². The molecule has 7 nitrogen and oxygen atoms in total. The number of aryl methyl sites for hydroxylation is 1. The van der Waals surface area contributed by atoms with Crippen molar-refractivity contribution in [2.45, 2.75) is 64.3 Å². The van der Waals surface area contributed by atoms with Crippen molar-refractivity contribution in [3.05, 3.63) is 58.7 Å². The molecule has 2 N–H and O–H groups in total. The monoisotopic (exact) mass is 515 g/mol. The first kappa shape index (κ1) is 28.2. The number of methoxy groups -OCH3 is 1. The van der Waals surface area contributed by atoms with Gasteiger partial charge in [-0.15, -0.1) is 0 Å². The fourth-order valence-corrected chi connectivity index (χ4v) is 6.58. The number of amides is 1. The molecule has 1 aliphatic rings. The van der Waals surface area contributed by atoms with E-state index in [1.165, 1.54) is 12.8 Å². The first-order valence-corrected chi connectivity index (χ1v) is 14.3. The number of hydrogen-bond acceptors (Lipinski definition) is 5. The lowest BCUT2D eigenvalue weighted by Gasteiger charge is -2.30. The highest BCUT2D eigenvalue weighted by molar-refractivity contribution is 7.89. The summed E-state index contributed by atoms with van der Waals surface area (Å²) >= 11 is 0. The molecule has 36 heavy (non-hydrogen) atoms. The fourth-order valence-electron chi connectivity index (χ4n) is 4.85. The van der Waals surface area contributed by atoms with Crippen molar-refractivity contribution < 1.29 is 17.9 Å². The van der Waals surface area contributed by atoms with Gasteiger partial charge in [0.2, 0.25) is 15.9 Å². The molecule has 3 rings (SSSR count). The Morgan fingerprint density at radius 3 is 2.42 bits per heavy atom.